The number of hydrogen-bond donors (Lipinski definition) is 1. The second kappa shape index (κ2) is 11.8. The minimum absolute atomic E-state index is 0.0927. The Morgan fingerprint density at radius 2 is 1.20 bits per heavy atom. The highest BCUT2D eigenvalue weighted by Crippen LogP contribution is 2.47. The molecule has 2 atom stereocenters. The highest BCUT2D eigenvalue weighted by atomic mass is 35.5. The third-order valence-corrected chi connectivity index (χ3v) is 9.07. The van der Waals surface area contributed by atoms with E-state index in [0.717, 1.165) is 0 Å². The summed E-state index contributed by atoms with van der Waals surface area (Å²) in [6.07, 6.45) is 0. The molecule has 0 aromatic heterocycles. The minimum atomic E-state index is -5.60. The zero-order chi connectivity index (χ0) is 30.2. The zero-order valence-corrected chi connectivity index (χ0v) is 23.7. The summed E-state index contributed by atoms with van der Waals surface area (Å²) in [4.78, 5) is -2.01. The maximum atomic E-state index is 15.2. The van der Waals surface area contributed by atoms with Gasteiger partial charge < -0.3 is 5.73 Å². The molecule has 0 saturated carbocycles. The van der Waals surface area contributed by atoms with Gasteiger partial charge in [-0.3, -0.25) is 4.31 Å². The fourth-order valence-electron chi connectivity index (χ4n) is 4.68. The second-order valence-electron chi connectivity index (χ2n) is 9.78. The van der Waals surface area contributed by atoms with Crippen LogP contribution in [0.15, 0.2) is 77.7 Å². The first-order valence-electron chi connectivity index (χ1n) is 12.5. The van der Waals surface area contributed by atoms with Crippen LogP contribution >= 0.6 is 11.6 Å². The molecule has 0 aliphatic rings. The smallest absolute Gasteiger partial charge is 0.271 e. The van der Waals surface area contributed by atoms with E-state index in [1.54, 1.807) is 93.6 Å². The Labute approximate surface area is 240 Å². The van der Waals surface area contributed by atoms with Crippen LogP contribution in [0.1, 0.15) is 54.1 Å². The van der Waals surface area contributed by atoms with Gasteiger partial charge in [0.05, 0.1) is 22.8 Å². The van der Waals surface area contributed by atoms with Gasteiger partial charge in [-0.05, 0) is 35.1 Å². The largest absolute Gasteiger partial charge is 0.322 e. The molecule has 0 spiro atoms. The summed E-state index contributed by atoms with van der Waals surface area (Å²) in [6.45, 7) is 5.07. The van der Waals surface area contributed by atoms with Crippen LogP contribution in [0.25, 0.3) is 0 Å². The van der Waals surface area contributed by atoms with Gasteiger partial charge in [0, 0.05) is 0 Å². The van der Waals surface area contributed by atoms with Crippen LogP contribution in [0.2, 0.25) is 5.02 Å². The molecule has 41 heavy (non-hydrogen) atoms. The zero-order valence-electron chi connectivity index (χ0n) is 22.2. The first kappa shape index (κ1) is 30.5. The lowest BCUT2D eigenvalue weighted by Gasteiger charge is -2.39. The lowest BCUT2D eigenvalue weighted by molar-refractivity contribution is 0.357. The minimum Gasteiger partial charge on any atom is -0.322 e. The van der Waals surface area contributed by atoms with Gasteiger partial charge in [0.1, 0.15) is 0 Å². The molecule has 2 N–H and O–H groups in total. The summed E-state index contributed by atoms with van der Waals surface area (Å²) in [7, 11) is -5.60. The quantitative estimate of drug-likeness (QED) is 0.125. The number of benzene rings is 4. The molecule has 216 valence electrons. The third-order valence-electron chi connectivity index (χ3n) is 6.79. The summed E-state index contributed by atoms with van der Waals surface area (Å²) in [5.74, 6) is -12.7. The number of sulfonamides is 1. The van der Waals surface area contributed by atoms with Crippen molar-refractivity contribution in [1.29, 1.82) is 0 Å². The predicted molar refractivity (Wildman–Crippen MR) is 149 cm³/mol. The molecule has 0 aliphatic heterocycles. The molecule has 4 rings (SSSR count). The average Bonchev–Trinajstić information content (AvgIpc) is 2.95. The van der Waals surface area contributed by atoms with Gasteiger partial charge in [-0.15, -0.1) is 0 Å². The molecule has 0 radical (unpaired) electrons. The molecular formula is C30H26ClF5N2O2S. The molecule has 11 heteroatoms. The van der Waals surface area contributed by atoms with Gasteiger partial charge >= 0.3 is 0 Å². The fourth-order valence-corrected chi connectivity index (χ4v) is 6.82. The van der Waals surface area contributed by atoms with Gasteiger partial charge in [0.25, 0.3) is 10.0 Å². The number of nitrogens with two attached hydrogens (primary N) is 1. The lowest BCUT2D eigenvalue weighted by Crippen LogP contribution is -2.42. The molecule has 0 unspecified atom stereocenters. The Kier molecular flexibility index (Phi) is 8.77. The average molecular weight is 609 g/mol. The molecule has 0 fully saturated rings. The van der Waals surface area contributed by atoms with Crippen LogP contribution in [0.5, 0.6) is 0 Å². The Morgan fingerprint density at radius 1 is 0.732 bits per heavy atom. The SMILES string of the molecule is Cc1ccc(C(C)C)c(N([C@H](c2ccccc2)[C@H](N)c2ccccc2)S(=O)(=O)c2c(F)c(F)c(F)c(F)c2F)c1Cl. The van der Waals surface area contributed by atoms with E-state index in [9.17, 15) is 21.6 Å². The monoisotopic (exact) mass is 608 g/mol. The van der Waals surface area contributed by atoms with Crippen molar-refractivity contribution < 1.29 is 30.4 Å². The standard InChI is InChI=1S/C30H26ClF5N2O2S/c1-16(2)20-15-14-17(3)21(31)29(20)38(41(39,40)30-25(35)23(33)22(32)24(34)26(30)36)28(19-12-8-5-9-13-19)27(37)18-10-6-4-7-11-18/h4-16,27-28H,37H2,1-3H3/t27-,28-/m1/s1. The molecule has 0 amide bonds. The molecule has 0 heterocycles. The van der Waals surface area contributed by atoms with E-state index in [2.05, 4.69) is 0 Å². The first-order valence-corrected chi connectivity index (χ1v) is 14.3. The van der Waals surface area contributed by atoms with Crippen LogP contribution in [0.4, 0.5) is 27.6 Å². The molecule has 0 bridgehead atoms. The maximum Gasteiger partial charge on any atom is 0.271 e. The molecule has 0 aliphatic carbocycles. The van der Waals surface area contributed by atoms with E-state index in [4.69, 9.17) is 17.3 Å². The van der Waals surface area contributed by atoms with Crippen molar-refractivity contribution in [2.75, 3.05) is 4.31 Å². The van der Waals surface area contributed by atoms with Gasteiger partial charge in [-0.1, -0.05) is 98.2 Å². The van der Waals surface area contributed by atoms with Crippen LogP contribution in [0.3, 0.4) is 0 Å². The summed E-state index contributed by atoms with van der Waals surface area (Å²) < 4.78 is 103. The van der Waals surface area contributed by atoms with Crippen LogP contribution < -0.4 is 10.0 Å². The number of rotatable bonds is 8. The Morgan fingerprint density at radius 3 is 1.68 bits per heavy atom. The summed E-state index contributed by atoms with van der Waals surface area (Å²) in [5.41, 5.74) is 7.99. The Hall–Kier alpha value is -3.47. The highest BCUT2D eigenvalue weighted by molar-refractivity contribution is 7.92. The number of anilines is 1. The second-order valence-corrected chi connectivity index (χ2v) is 11.9. The number of hydrogen-bond acceptors (Lipinski definition) is 3. The van der Waals surface area contributed by atoms with Crippen molar-refractivity contribution in [2.24, 2.45) is 5.73 Å². The Balaban J connectivity index is 2.20. The van der Waals surface area contributed by atoms with Crippen LogP contribution in [0, 0.1) is 36.0 Å². The van der Waals surface area contributed by atoms with Gasteiger partial charge in [-0.2, -0.15) is 0 Å². The van der Waals surface area contributed by atoms with Crippen LogP contribution in [-0.4, -0.2) is 8.42 Å². The van der Waals surface area contributed by atoms with E-state index < -0.39 is 56.1 Å². The Bertz CT molecular complexity index is 1660. The van der Waals surface area contributed by atoms with E-state index in [-0.39, 0.29) is 22.2 Å². The van der Waals surface area contributed by atoms with E-state index in [0.29, 0.717) is 21.0 Å². The predicted octanol–water partition coefficient (Wildman–Crippen LogP) is 8.10. The van der Waals surface area contributed by atoms with Crippen molar-refractivity contribution in [3.63, 3.8) is 0 Å². The normalized spacial score (nSPS) is 13.3. The molecular weight excluding hydrogens is 583 g/mol. The fraction of sp³-hybridized carbons (Fsp3) is 0.200. The van der Waals surface area contributed by atoms with Gasteiger partial charge in [0.2, 0.25) is 5.82 Å². The maximum absolute atomic E-state index is 15.2. The van der Waals surface area contributed by atoms with Crippen LogP contribution in [-0.2, 0) is 10.0 Å². The molecule has 4 aromatic carbocycles. The van der Waals surface area contributed by atoms with Crippen molar-refractivity contribution in [2.45, 2.75) is 43.7 Å². The number of aryl methyl sites for hydroxylation is 1. The summed E-state index contributed by atoms with van der Waals surface area (Å²) >= 11 is 6.74. The van der Waals surface area contributed by atoms with Gasteiger partial charge in [0.15, 0.2) is 28.2 Å². The summed E-state index contributed by atoms with van der Waals surface area (Å²) in [5, 5.41) is -0.0927. The van der Waals surface area contributed by atoms with Crippen molar-refractivity contribution in [3.05, 3.63) is 129 Å². The number of nitrogens with zero attached hydrogens (tertiary/aromatic N) is 1. The molecule has 4 aromatic rings. The van der Waals surface area contributed by atoms with E-state index >= 15 is 8.78 Å². The highest BCUT2D eigenvalue weighted by Gasteiger charge is 2.44. The van der Waals surface area contributed by atoms with Crippen molar-refractivity contribution >= 4 is 27.3 Å². The van der Waals surface area contributed by atoms with E-state index in [1.165, 1.54) is 0 Å². The number of halogens is 6. The summed E-state index contributed by atoms with van der Waals surface area (Å²) in [6, 6.07) is 16.9. The van der Waals surface area contributed by atoms with Crippen molar-refractivity contribution in [1.82, 2.24) is 0 Å². The van der Waals surface area contributed by atoms with E-state index in [1.807, 2.05) is 0 Å². The van der Waals surface area contributed by atoms with Gasteiger partial charge in [-0.25, -0.2) is 30.4 Å². The third kappa shape index (κ3) is 5.43. The molecule has 4 nitrogen and oxygen atoms in total. The lowest BCUT2D eigenvalue weighted by atomic mass is 9.92. The van der Waals surface area contributed by atoms with Crippen molar-refractivity contribution in [3.8, 4) is 0 Å². The molecule has 0 saturated heterocycles. The topological polar surface area (TPSA) is 63.4 Å². The first-order chi connectivity index (χ1) is 19.3.